The van der Waals surface area contributed by atoms with Gasteiger partial charge in [0.2, 0.25) is 5.56 Å². The standard InChI is InChI=1S/C25H23N5O4/c1-14-9-18(15(2)26-19-7-8-21(31)28-23(19)25(33)34)24-27-20(10-22(32)30(24)11-14)29-12-16-5-3-4-6-17(16)13-29/h3-11,15,26H,12-13H2,1-2H3,(H,28,31)(H,33,34)/t15-/m1/s1. The maximum atomic E-state index is 13.1. The van der Waals surface area contributed by atoms with E-state index in [9.17, 15) is 19.5 Å². The van der Waals surface area contributed by atoms with Crippen molar-refractivity contribution in [1.29, 1.82) is 0 Å². The van der Waals surface area contributed by atoms with Gasteiger partial charge in [-0.15, -0.1) is 0 Å². The average molecular weight is 457 g/mol. The molecule has 0 fully saturated rings. The number of carboxylic acids is 1. The largest absolute Gasteiger partial charge is 0.477 e. The number of fused-ring (bicyclic) bond motifs is 2. The van der Waals surface area contributed by atoms with Gasteiger partial charge in [0.15, 0.2) is 5.69 Å². The molecule has 0 bridgehead atoms. The molecule has 9 heteroatoms. The first kappa shape index (κ1) is 21.4. The first-order valence-corrected chi connectivity index (χ1v) is 10.9. The Morgan fingerprint density at radius 3 is 2.50 bits per heavy atom. The van der Waals surface area contributed by atoms with Crippen molar-refractivity contribution < 1.29 is 9.90 Å². The van der Waals surface area contributed by atoms with Gasteiger partial charge >= 0.3 is 5.97 Å². The minimum Gasteiger partial charge on any atom is -0.477 e. The summed E-state index contributed by atoms with van der Waals surface area (Å²) in [5.41, 5.74) is 3.87. The number of rotatable bonds is 5. The van der Waals surface area contributed by atoms with Gasteiger partial charge in [0, 0.05) is 37.0 Å². The Kier molecular flexibility index (Phi) is 5.16. The van der Waals surface area contributed by atoms with Crippen LogP contribution in [-0.2, 0) is 13.1 Å². The molecule has 34 heavy (non-hydrogen) atoms. The van der Waals surface area contributed by atoms with E-state index in [1.165, 1.54) is 27.7 Å². The van der Waals surface area contributed by atoms with E-state index < -0.39 is 17.6 Å². The first-order chi connectivity index (χ1) is 16.3. The van der Waals surface area contributed by atoms with Crippen LogP contribution in [0.2, 0.25) is 0 Å². The lowest BCUT2D eigenvalue weighted by Gasteiger charge is -2.21. The van der Waals surface area contributed by atoms with Crippen LogP contribution < -0.4 is 21.3 Å². The number of aromatic amines is 1. The van der Waals surface area contributed by atoms with Gasteiger partial charge in [-0.3, -0.25) is 14.0 Å². The number of aromatic nitrogens is 3. The zero-order valence-electron chi connectivity index (χ0n) is 18.7. The van der Waals surface area contributed by atoms with Gasteiger partial charge in [0.25, 0.3) is 5.56 Å². The number of hydrogen-bond donors (Lipinski definition) is 3. The molecule has 3 aromatic heterocycles. The number of carbonyl (C=O) groups is 1. The van der Waals surface area contributed by atoms with Crippen LogP contribution in [0.25, 0.3) is 5.65 Å². The fraction of sp³-hybridized carbons (Fsp3) is 0.200. The fourth-order valence-corrected chi connectivity index (χ4v) is 4.41. The van der Waals surface area contributed by atoms with E-state index in [-0.39, 0.29) is 16.9 Å². The maximum absolute atomic E-state index is 13.1. The van der Waals surface area contributed by atoms with Crippen molar-refractivity contribution in [2.24, 2.45) is 0 Å². The first-order valence-electron chi connectivity index (χ1n) is 10.9. The minimum absolute atomic E-state index is 0.191. The molecule has 0 amide bonds. The molecule has 1 aliphatic rings. The van der Waals surface area contributed by atoms with Crippen molar-refractivity contribution in [2.75, 3.05) is 10.2 Å². The van der Waals surface area contributed by atoms with Crippen molar-refractivity contribution in [3.05, 3.63) is 103 Å². The van der Waals surface area contributed by atoms with Crippen molar-refractivity contribution in [2.45, 2.75) is 33.0 Å². The molecule has 0 aliphatic carbocycles. The normalized spacial score (nSPS) is 13.6. The summed E-state index contributed by atoms with van der Waals surface area (Å²) >= 11 is 0. The Bertz CT molecular complexity index is 1530. The van der Waals surface area contributed by atoms with E-state index in [1.54, 1.807) is 12.3 Å². The third-order valence-electron chi connectivity index (χ3n) is 6.05. The fourth-order valence-electron chi connectivity index (χ4n) is 4.41. The van der Waals surface area contributed by atoms with E-state index in [0.29, 0.717) is 24.6 Å². The van der Waals surface area contributed by atoms with Crippen molar-refractivity contribution in [3.63, 3.8) is 0 Å². The van der Waals surface area contributed by atoms with Gasteiger partial charge in [-0.2, -0.15) is 0 Å². The Morgan fingerprint density at radius 1 is 1.12 bits per heavy atom. The number of benzene rings is 1. The second-order valence-corrected chi connectivity index (χ2v) is 8.53. The molecule has 4 heterocycles. The molecule has 172 valence electrons. The zero-order chi connectivity index (χ0) is 24.0. The van der Waals surface area contributed by atoms with Gasteiger partial charge in [-0.1, -0.05) is 24.3 Å². The molecule has 1 aromatic carbocycles. The number of carboxylic acid groups (broad SMARTS) is 1. The van der Waals surface area contributed by atoms with Gasteiger partial charge in [-0.05, 0) is 42.7 Å². The molecule has 0 radical (unpaired) electrons. The summed E-state index contributed by atoms with van der Waals surface area (Å²) in [4.78, 5) is 45.5. The van der Waals surface area contributed by atoms with Gasteiger partial charge in [-0.25, -0.2) is 9.78 Å². The van der Waals surface area contributed by atoms with Crippen LogP contribution in [0.4, 0.5) is 11.5 Å². The summed E-state index contributed by atoms with van der Waals surface area (Å²) in [7, 11) is 0. The highest BCUT2D eigenvalue weighted by Gasteiger charge is 2.22. The van der Waals surface area contributed by atoms with E-state index in [1.807, 2.05) is 32.0 Å². The number of hydrogen-bond acceptors (Lipinski definition) is 6. The molecule has 0 saturated heterocycles. The molecule has 1 aliphatic heterocycles. The summed E-state index contributed by atoms with van der Waals surface area (Å²) in [5.74, 6) is -0.652. The zero-order valence-corrected chi connectivity index (χ0v) is 18.7. The van der Waals surface area contributed by atoms with Crippen LogP contribution >= 0.6 is 0 Å². The lowest BCUT2D eigenvalue weighted by Crippen LogP contribution is -2.24. The second-order valence-electron chi connectivity index (χ2n) is 8.53. The van der Waals surface area contributed by atoms with E-state index in [0.717, 1.165) is 11.1 Å². The molecular formula is C25H23N5O4. The SMILES string of the molecule is Cc1cc([C@@H](C)Nc2ccc(=O)[nH]c2C(=O)O)c2nc(N3Cc4ccccc4C3)cc(=O)n2c1. The number of anilines is 2. The van der Waals surface area contributed by atoms with Crippen LogP contribution in [0, 0.1) is 6.92 Å². The van der Waals surface area contributed by atoms with Crippen LogP contribution in [-0.4, -0.2) is 25.4 Å². The Morgan fingerprint density at radius 2 is 1.82 bits per heavy atom. The van der Waals surface area contributed by atoms with Crippen molar-refractivity contribution in [3.8, 4) is 0 Å². The monoisotopic (exact) mass is 457 g/mol. The highest BCUT2D eigenvalue weighted by Crippen LogP contribution is 2.29. The molecule has 0 saturated carbocycles. The van der Waals surface area contributed by atoms with Crippen LogP contribution in [0.1, 0.15) is 45.7 Å². The Hall–Kier alpha value is -4.40. The lowest BCUT2D eigenvalue weighted by atomic mass is 10.1. The predicted molar refractivity (Wildman–Crippen MR) is 129 cm³/mol. The third-order valence-corrected chi connectivity index (χ3v) is 6.05. The highest BCUT2D eigenvalue weighted by molar-refractivity contribution is 5.91. The Labute approximate surface area is 194 Å². The number of pyridine rings is 2. The summed E-state index contributed by atoms with van der Waals surface area (Å²) in [6.07, 6.45) is 1.74. The van der Waals surface area contributed by atoms with Crippen molar-refractivity contribution in [1.82, 2.24) is 14.4 Å². The molecule has 3 N–H and O–H groups in total. The number of nitrogens with zero attached hydrogens (tertiary/aromatic N) is 3. The molecule has 4 aromatic rings. The molecule has 1 atom stereocenters. The van der Waals surface area contributed by atoms with Gasteiger partial charge in [0.05, 0.1) is 11.7 Å². The quantitative estimate of drug-likeness (QED) is 0.421. The number of nitrogens with one attached hydrogen (secondary N) is 2. The van der Waals surface area contributed by atoms with E-state index in [4.69, 9.17) is 4.98 Å². The van der Waals surface area contributed by atoms with Crippen LogP contribution in [0.3, 0.4) is 0 Å². The minimum atomic E-state index is -1.24. The van der Waals surface area contributed by atoms with E-state index >= 15 is 0 Å². The van der Waals surface area contributed by atoms with Crippen LogP contribution in [0.5, 0.6) is 0 Å². The summed E-state index contributed by atoms with van der Waals surface area (Å²) < 4.78 is 1.51. The summed E-state index contributed by atoms with van der Waals surface area (Å²) in [5, 5.41) is 12.6. The predicted octanol–water partition coefficient (Wildman–Crippen LogP) is 3.08. The molecule has 5 rings (SSSR count). The maximum Gasteiger partial charge on any atom is 0.354 e. The molecule has 9 nitrogen and oxygen atoms in total. The number of H-pyrrole nitrogens is 1. The third kappa shape index (κ3) is 3.81. The molecular weight excluding hydrogens is 434 g/mol. The highest BCUT2D eigenvalue weighted by atomic mass is 16.4. The molecule has 0 unspecified atom stereocenters. The summed E-state index contributed by atoms with van der Waals surface area (Å²) in [6.45, 7) is 5.09. The number of aryl methyl sites for hydroxylation is 1. The lowest BCUT2D eigenvalue weighted by molar-refractivity contribution is 0.0691. The summed E-state index contributed by atoms with van der Waals surface area (Å²) in [6, 6.07) is 13.9. The smallest absolute Gasteiger partial charge is 0.354 e. The van der Waals surface area contributed by atoms with E-state index in [2.05, 4.69) is 27.3 Å². The van der Waals surface area contributed by atoms with Crippen molar-refractivity contribution >= 4 is 23.1 Å². The Balaban J connectivity index is 1.57. The molecule has 0 spiro atoms. The van der Waals surface area contributed by atoms with Gasteiger partial charge in [0.1, 0.15) is 11.5 Å². The average Bonchev–Trinajstić information content (AvgIpc) is 3.24. The second kappa shape index (κ2) is 8.18. The topological polar surface area (TPSA) is 120 Å². The van der Waals surface area contributed by atoms with Crippen LogP contribution in [0.15, 0.2) is 64.3 Å². The number of aromatic carboxylic acids is 1. The van der Waals surface area contributed by atoms with Gasteiger partial charge < -0.3 is 20.3 Å².